The molecule has 1 aliphatic heterocycles. The van der Waals surface area contributed by atoms with Gasteiger partial charge in [0, 0.05) is 25.2 Å². The predicted octanol–water partition coefficient (Wildman–Crippen LogP) is 2.42. The summed E-state index contributed by atoms with van der Waals surface area (Å²) >= 11 is 0. The number of hydrogen-bond acceptors (Lipinski definition) is 3. The zero-order valence-electron chi connectivity index (χ0n) is 11.0. The van der Waals surface area contributed by atoms with E-state index in [0.717, 1.165) is 43.7 Å². The Labute approximate surface area is 108 Å². The standard InChI is InChI=1S/C15H19NO2/c1-12-7-8-16(10-14(12)11-17)9-13-3-5-15(18-2)6-4-13/h3-6,11H,7-10H2,1-2H3. The highest BCUT2D eigenvalue weighted by Gasteiger charge is 2.16. The summed E-state index contributed by atoms with van der Waals surface area (Å²) in [7, 11) is 1.67. The van der Waals surface area contributed by atoms with Crippen molar-refractivity contribution >= 4 is 6.29 Å². The Hall–Kier alpha value is -1.61. The molecule has 0 radical (unpaired) electrons. The minimum atomic E-state index is 0.765. The average Bonchev–Trinajstić information content (AvgIpc) is 2.42. The summed E-state index contributed by atoms with van der Waals surface area (Å²) in [4.78, 5) is 13.3. The SMILES string of the molecule is COc1ccc(CN2CCC(C)=C(C=O)C2)cc1. The fourth-order valence-corrected chi connectivity index (χ4v) is 2.20. The number of hydrogen-bond donors (Lipinski definition) is 0. The molecular weight excluding hydrogens is 226 g/mol. The molecule has 1 aromatic carbocycles. The Kier molecular flexibility index (Phi) is 4.15. The van der Waals surface area contributed by atoms with Crippen LogP contribution in [0.5, 0.6) is 5.75 Å². The highest BCUT2D eigenvalue weighted by molar-refractivity contribution is 5.75. The van der Waals surface area contributed by atoms with Crippen molar-refractivity contribution in [3.05, 3.63) is 41.0 Å². The van der Waals surface area contributed by atoms with Crippen molar-refractivity contribution in [1.82, 2.24) is 4.90 Å². The van der Waals surface area contributed by atoms with Crippen molar-refractivity contribution in [3.63, 3.8) is 0 Å². The zero-order valence-corrected chi connectivity index (χ0v) is 11.0. The maximum Gasteiger partial charge on any atom is 0.147 e. The van der Waals surface area contributed by atoms with Gasteiger partial charge in [0.05, 0.1) is 7.11 Å². The quantitative estimate of drug-likeness (QED) is 0.763. The summed E-state index contributed by atoms with van der Waals surface area (Å²) in [5.41, 5.74) is 3.42. The molecule has 2 rings (SSSR count). The molecule has 96 valence electrons. The van der Waals surface area contributed by atoms with Crippen LogP contribution >= 0.6 is 0 Å². The van der Waals surface area contributed by atoms with Gasteiger partial charge in [-0.05, 0) is 31.0 Å². The molecule has 3 nitrogen and oxygen atoms in total. The molecule has 0 spiro atoms. The zero-order chi connectivity index (χ0) is 13.0. The van der Waals surface area contributed by atoms with Gasteiger partial charge < -0.3 is 4.74 Å². The van der Waals surface area contributed by atoms with Gasteiger partial charge in [0.2, 0.25) is 0 Å². The largest absolute Gasteiger partial charge is 0.497 e. The van der Waals surface area contributed by atoms with Gasteiger partial charge in [-0.3, -0.25) is 9.69 Å². The maximum absolute atomic E-state index is 11.0. The van der Waals surface area contributed by atoms with Crippen LogP contribution in [0.3, 0.4) is 0 Å². The highest BCUT2D eigenvalue weighted by atomic mass is 16.5. The van der Waals surface area contributed by atoms with Crippen LogP contribution in [0.25, 0.3) is 0 Å². The molecule has 1 aromatic rings. The Bertz CT molecular complexity index is 448. The van der Waals surface area contributed by atoms with Crippen molar-refractivity contribution in [1.29, 1.82) is 0 Å². The molecule has 0 saturated carbocycles. The Morgan fingerprint density at radius 1 is 1.33 bits per heavy atom. The fourth-order valence-electron chi connectivity index (χ4n) is 2.20. The van der Waals surface area contributed by atoms with Crippen molar-refractivity contribution in [3.8, 4) is 5.75 Å². The van der Waals surface area contributed by atoms with E-state index < -0.39 is 0 Å². The Morgan fingerprint density at radius 3 is 2.67 bits per heavy atom. The number of ether oxygens (including phenoxy) is 1. The summed E-state index contributed by atoms with van der Waals surface area (Å²) in [5, 5.41) is 0. The number of methoxy groups -OCH3 is 1. The number of carbonyl (C=O) groups excluding carboxylic acids is 1. The lowest BCUT2D eigenvalue weighted by atomic mass is 10.0. The first-order valence-corrected chi connectivity index (χ1v) is 6.22. The van der Waals surface area contributed by atoms with Crippen LogP contribution in [-0.4, -0.2) is 31.4 Å². The highest BCUT2D eigenvalue weighted by Crippen LogP contribution is 2.19. The van der Waals surface area contributed by atoms with Gasteiger partial charge in [0.25, 0.3) is 0 Å². The van der Waals surface area contributed by atoms with Crippen molar-refractivity contribution in [2.45, 2.75) is 19.9 Å². The van der Waals surface area contributed by atoms with Crippen LogP contribution in [-0.2, 0) is 11.3 Å². The van der Waals surface area contributed by atoms with Gasteiger partial charge in [-0.2, -0.15) is 0 Å². The predicted molar refractivity (Wildman–Crippen MR) is 71.7 cm³/mol. The van der Waals surface area contributed by atoms with Crippen LogP contribution < -0.4 is 4.74 Å². The van der Waals surface area contributed by atoms with Crippen molar-refractivity contribution < 1.29 is 9.53 Å². The molecule has 0 unspecified atom stereocenters. The number of benzene rings is 1. The lowest BCUT2D eigenvalue weighted by Crippen LogP contribution is -2.31. The number of carbonyl (C=O) groups is 1. The van der Waals surface area contributed by atoms with Crippen LogP contribution in [0.2, 0.25) is 0 Å². The molecule has 0 aromatic heterocycles. The van der Waals surface area contributed by atoms with Crippen LogP contribution in [0.1, 0.15) is 18.9 Å². The molecule has 0 amide bonds. The average molecular weight is 245 g/mol. The van der Waals surface area contributed by atoms with Gasteiger partial charge in [-0.1, -0.05) is 17.7 Å². The topological polar surface area (TPSA) is 29.5 Å². The van der Waals surface area contributed by atoms with E-state index in [9.17, 15) is 4.79 Å². The van der Waals surface area contributed by atoms with E-state index in [1.165, 1.54) is 11.1 Å². The number of rotatable bonds is 4. The molecule has 3 heteroatoms. The van der Waals surface area contributed by atoms with E-state index in [-0.39, 0.29) is 0 Å². The monoisotopic (exact) mass is 245 g/mol. The molecule has 0 saturated heterocycles. The molecule has 1 aliphatic rings. The minimum Gasteiger partial charge on any atom is -0.497 e. The first-order valence-electron chi connectivity index (χ1n) is 6.22. The second kappa shape index (κ2) is 5.83. The molecule has 0 atom stereocenters. The summed E-state index contributed by atoms with van der Waals surface area (Å²) in [6.07, 6.45) is 1.99. The normalized spacial score (nSPS) is 16.8. The molecule has 0 N–H and O–H groups in total. The lowest BCUT2D eigenvalue weighted by Gasteiger charge is -2.27. The number of aldehydes is 1. The van der Waals surface area contributed by atoms with E-state index in [2.05, 4.69) is 24.0 Å². The van der Waals surface area contributed by atoms with Crippen molar-refractivity contribution in [2.75, 3.05) is 20.2 Å². The smallest absolute Gasteiger partial charge is 0.147 e. The molecule has 0 fully saturated rings. The van der Waals surface area contributed by atoms with E-state index in [0.29, 0.717) is 0 Å². The summed E-state index contributed by atoms with van der Waals surface area (Å²) < 4.78 is 5.14. The summed E-state index contributed by atoms with van der Waals surface area (Å²) in [6.45, 7) is 4.72. The van der Waals surface area contributed by atoms with Gasteiger partial charge in [0.15, 0.2) is 0 Å². The lowest BCUT2D eigenvalue weighted by molar-refractivity contribution is -0.105. The van der Waals surface area contributed by atoms with Crippen LogP contribution in [0.15, 0.2) is 35.4 Å². The molecular formula is C15H19NO2. The Balaban J connectivity index is 2.00. The van der Waals surface area contributed by atoms with E-state index in [4.69, 9.17) is 4.74 Å². The molecule has 0 aliphatic carbocycles. The van der Waals surface area contributed by atoms with E-state index >= 15 is 0 Å². The van der Waals surface area contributed by atoms with Crippen LogP contribution in [0, 0.1) is 0 Å². The fraction of sp³-hybridized carbons (Fsp3) is 0.400. The van der Waals surface area contributed by atoms with Crippen LogP contribution in [0.4, 0.5) is 0 Å². The second-order valence-electron chi connectivity index (χ2n) is 4.73. The summed E-state index contributed by atoms with van der Waals surface area (Å²) in [6, 6.07) is 8.09. The molecule has 1 heterocycles. The Morgan fingerprint density at radius 2 is 2.06 bits per heavy atom. The van der Waals surface area contributed by atoms with Gasteiger partial charge in [-0.15, -0.1) is 0 Å². The second-order valence-corrected chi connectivity index (χ2v) is 4.73. The van der Waals surface area contributed by atoms with E-state index in [1.54, 1.807) is 7.11 Å². The number of nitrogens with zero attached hydrogens (tertiary/aromatic N) is 1. The third kappa shape index (κ3) is 2.99. The maximum atomic E-state index is 11.0. The van der Waals surface area contributed by atoms with E-state index in [1.807, 2.05) is 12.1 Å². The minimum absolute atomic E-state index is 0.765. The first kappa shape index (κ1) is 12.8. The van der Waals surface area contributed by atoms with Gasteiger partial charge in [0.1, 0.15) is 12.0 Å². The van der Waals surface area contributed by atoms with Crippen molar-refractivity contribution in [2.24, 2.45) is 0 Å². The van der Waals surface area contributed by atoms with Gasteiger partial charge >= 0.3 is 0 Å². The summed E-state index contributed by atoms with van der Waals surface area (Å²) in [5.74, 6) is 0.877. The first-order chi connectivity index (χ1) is 8.72. The molecule has 18 heavy (non-hydrogen) atoms. The third-order valence-electron chi connectivity index (χ3n) is 3.45. The molecule has 0 bridgehead atoms. The van der Waals surface area contributed by atoms with Gasteiger partial charge in [-0.25, -0.2) is 0 Å². The third-order valence-corrected chi connectivity index (χ3v) is 3.45.